The summed E-state index contributed by atoms with van der Waals surface area (Å²) in [6, 6.07) is 10.2. The van der Waals surface area contributed by atoms with E-state index in [1.54, 1.807) is 4.90 Å². The Kier molecular flexibility index (Phi) is 4.97. The molecule has 1 aliphatic rings. The smallest absolute Gasteiger partial charge is 0.230 e. The Balaban J connectivity index is 2.02. The Bertz CT molecular complexity index is 396. The van der Waals surface area contributed by atoms with Crippen LogP contribution in [0.5, 0.6) is 0 Å². The van der Waals surface area contributed by atoms with Crippen molar-refractivity contribution in [2.24, 2.45) is 0 Å². The largest absolute Gasteiger partial charge is 0.332 e. The fourth-order valence-corrected chi connectivity index (χ4v) is 2.86. The van der Waals surface area contributed by atoms with Crippen LogP contribution in [0.4, 0.5) is 0 Å². The van der Waals surface area contributed by atoms with Crippen LogP contribution in [0.1, 0.15) is 31.7 Å². The predicted octanol–water partition coefficient (Wildman–Crippen LogP) is 0.927. The van der Waals surface area contributed by atoms with Crippen molar-refractivity contribution in [3.05, 3.63) is 35.9 Å². The van der Waals surface area contributed by atoms with Gasteiger partial charge < -0.3 is 9.80 Å². The third kappa shape index (κ3) is 3.35. The molecule has 1 saturated heterocycles. The van der Waals surface area contributed by atoms with Gasteiger partial charge in [0.1, 0.15) is 0 Å². The number of hydrogen-bond donors (Lipinski definition) is 1. The summed E-state index contributed by atoms with van der Waals surface area (Å²) >= 11 is 0. The standard InChI is InChI=1S/C16H24N2O/c1-3-15(14-8-6-5-7-9-14)16(19)18-12-10-17(4-2)11-13-18/h5-9,15H,3-4,10-13H2,1-2H3/p+1. The van der Waals surface area contributed by atoms with Gasteiger partial charge in [0, 0.05) is 0 Å². The van der Waals surface area contributed by atoms with Gasteiger partial charge in [-0.05, 0) is 18.9 Å². The molecule has 1 amide bonds. The lowest BCUT2D eigenvalue weighted by atomic mass is 9.95. The zero-order chi connectivity index (χ0) is 13.7. The number of piperazine rings is 1. The van der Waals surface area contributed by atoms with Gasteiger partial charge in [-0.3, -0.25) is 4.79 Å². The minimum Gasteiger partial charge on any atom is -0.332 e. The number of hydrogen-bond acceptors (Lipinski definition) is 1. The van der Waals surface area contributed by atoms with E-state index in [1.165, 1.54) is 0 Å². The highest BCUT2D eigenvalue weighted by Crippen LogP contribution is 2.21. The van der Waals surface area contributed by atoms with Gasteiger partial charge in [-0.25, -0.2) is 0 Å². The monoisotopic (exact) mass is 261 g/mol. The van der Waals surface area contributed by atoms with E-state index in [0.29, 0.717) is 5.91 Å². The zero-order valence-corrected chi connectivity index (χ0v) is 12.1. The van der Waals surface area contributed by atoms with E-state index >= 15 is 0 Å². The Hall–Kier alpha value is -1.35. The first-order valence-electron chi connectivity index (χ1n) is 7.43. The molecule has 1 aliphatic heterocycles. The molecule has 0 aromatic heterocycles. The third-order valence-corrected chi connectivity index (χ3v) is 4.19. The predicted molar refractivity (Wildman–Crippen MR) is 77.3 cm³/mol. The van der Waals surface area contributed by atoms with Crippen molar-refractivity contribution in [2.75, 3.05) is 32.7 Å². The van der Waals surface area contributed by atoms with E-state index in [-0.39, 0.29) is 5.92 Å². The van der Waals surface area contributed by atoms with E-state index in [9.17, 15) is 4.79 Å². The molecule has 0 spiro atoms. The molecule has 0 aliphatic carbocycles. The lowest BCUT2D eigenvalue weighted by Crippen LogP contribution is -3.14. The summed E-state index contributed by atoms with van der Waals surface area (Å²) in [4.78, 5) is 16.3. The second-order valence-corrected chi connectivity index (χ2v) is 5.30. The van der Waals surface area contributed by atoms with Gasteiger partial charge in [0.05, 0.1) is 38.6 Å². The summed E-state index contributed by atoms with van der Waals surface area (Å²) in [5.74, 6) is 0.341. The van der Waals surface area contributed by atoms with Crippen molar-refractivity contribution < 1.29 is 9.69 Å². The van der Waals surface area contributed by atoms with E-state index in [2.05, 4.69) is 30.9 Å². The summed E-state index contributed by atoms with van der Waals surface area (Å²) in [6.45, 7) is 9.48. The van der Waals surface area contributed by atoms with Gasteiger partial charge in [-0.2, -0.15) is 0 Å². The topological polar surface area (TPSA) is 24.8 Å². The van der Waals surface area contributed by atoms with Crippen LogP contribution in [-0.2, 0) is 4.79 Å². The maximum Gasteiger partial charge on any atom is 0.230 e. The average molecular weight is 261 g/mol. The summed E-state index contributed by atoms with van der Waals surface area (Å²) in [6.07, 6.45) is 0.879. The van der Waals surface area contributed by atoms with Crippen molar-refractivity contribution in [3.63, 3.8) is 0 Å². The summed E-state index contributed by atoms with van der Waals surface area (Å²) in [5.41, 5.74) is 1.15. The number of likely N-dealkylation sites (N-methyl/N-ethyl adjacent to an activating group) is 1. The van der Waals surface area contributed by atoms with Crippen molar-refractivity contribution in [1.29, 1.82) is 0 Å². The number of quaternary nitrogens is 1. The summed E-state index contributed by atoms with van der Waals surface area (Å²) in [5, 5.41) is 0. The molecule has 2 rings (SSSR count). The Morgan fingerprint density at radius 3 is 2.37 bits per heavy atom. The van der Waals surface area contributed by atoms with E-state index < -0.39 is 0 Å². The number of amides is 1. The molecule has 1 fully saturated rings. The number of benzene rings is 1. The second kappa shape index (κ2) is 6.71. The van der Waals surface area contributed by atoms with Gasteiger partial charge in [-0.1, -0.05) is 37.3 Å². The number of carbonyl (C=O) groups is 1. The van der Waals surface area contributed by atoms with Gasteiger partial charge in [0.15, 0.2) is 0 Å². The number of nitrogens with zero attached hydrogens (tertiary/aromatic N) is 1. The van der Waals surface area contributed by atoms with Crippen LogP contribution in [-0.4, -0.2) is 43.5 Å². The van der Waals surface area contributed by atoms with Crippen LogP contribution in [0.25, 0.3) is 0 Å². The lowest BCUT2D eigenvalue weighted by Gasteiger charge is -2.33. The average Bonchev–Trinajstić information content (AvgIpc) is 2.49. The molecule has 1 unspecified atom stereocenters. The molecule has 3 heteroatoms. The van der Waals surface area contributed by atoms with Gasteiger partial charge in [0.25, 0.3) is 0 Å². The quantitative estimate of drug-likeness (QED) is 0.857. The molecule has 1 N–H and O–H groups in total. The number of carbonyl (C=O) groups excluding carboxylic acids is 1. The molecule has 3 nitrogen and oxygen atoms in total. The van der Waals surface area contributed by atoms with E-state index in [0.717, 1.165) is 44.7 Å². The van der Waals surface area contributed by atoms with Gasteiger partial charge in [-0.15, -0.1) is 0 Å². The second-order valence-electron chi connectivity index (χ2n) is 5.30. The zero-order valence-electron chi connectivity index (χ0n) is 12.1. The van der Waals surface area contributed by atoms with E-state index in [1.807, 2.05) is 18.2 Å². The molecule has 104 valence electrons. The van der Waals surface area contributed by atoms with Crippen LogP contribution in [0, 0.1) is 0 Å². The minimum absolute atomic E-state index is 0.0318. The van der Waals surface area contributed by atoms with Gasteiger partial charge >= 0.3 is 0 Å². The molecule has 1 heterocycles. The van der Waals surface area contributed by atoms with Gasteiger partial charge in [0.2, 0.25) is 5.91 Å². The van der Waals surface area contributed by atoms with Crippen LogP contribution in [0.2, 0.25) is 0 Å². The molecule has 0 saturated carbocycles. The maximum atomic E-state index is 12.6. The molecule has 1 aromatic rings. The highest BCUT2D eigenvalue weighted by atomic mass is 16.2. The molecule has 0 bridgehead atoms. The molecule has 1 aromatic carbocycles. The highest BCUT2D eigenvalue weighted by molar-refractivity contribution is 5.83. The SMILES string of the molecule is CCC(C(=O)N1CC[NH+](CC)CC1)c1ccccc1. The Morgan fingerprint density at radius 1 is 1.21 bits per heavy atom. The fourth-order valence-electron chi connectivity index (χ4n) is 2.86. The van der Waals surface area contributed by atoms with Crippen LogP contribution >= 0.6 is 0 Å². The van der Waals surface area contributed by atoms with Crippen LogP contribution < -0.4 is 4.90 Å². The first-order chi connectivity index (χ1) is 9.26. The first kappa shape index (κ1) is 14.1. The highest BCUT2D eigenvalue weighted by Gasteiger charge is 2.28. The maximum absolute atomic E-state index is 12.6. The number of rotatable bonds is 4. The van der Waals surface area contributed by atoms with E-state index in [4.69, 9.17) is 0 Å². The Labute approximate surface area is 116 Å². The summed E-state index contributed by atoms with van der Waals surface area (Å²) < 4.78 is 0. The third-order valence-electron chi connectivity index (χ3n) is 4.19. The number of nitrogens with one attached hydrogen (secondary N) is 1. The Morgan fingerprint density at radius 2 is 1.84 bits per heavy atom. The van der Waals surface area contributed by atoms with Crippen molar-refractivity contribution >= 4 is 5.91 Å². The normalized spacial score (nSPS) is 18.3. The molecule has 1 atom stereocenters. The van der Waals surface area contributed by atoms with Crippen molar-refractivity contribution in [3.8, 4) is 0 Å². The molecule has 0 radical (unpaired) electrons. The minimum atomic E-state index is 0.0318. The van der Waals surface area contributed by atoms with Crippen LogP contribution in [0.3, 0.4) is 0 Å². The first-order valence-corrected chi connectivity index (χ1v) is 7.43. The summed E-state index contributed by atoms with van der Waals surface area (Å²) in [7, 11) is 0. The molecule has 19 heavy (non-hydrogen) atoms. The van der Waals surface area contributed by atoms with Crippen LogP contribution in [0.15, 0.2) is 30.3 Å². The molecular formula is C16H25N2O+. The van der Waals surface area contributed by atoms with Crippen molar-refractivity contribution in [1.82, 2.24) is 4.90 Å². The lowest BCUT2D eigenvalue weighted by molar-refractivity contribution is -0.902. The fraction of sp³-hybridized carbons (Fsp3) is 0.562. The molecular weight excluding hydrogens is 236 g/mol. The van der Waals surface area contributed by atoms with Crippen molar-refractivity contribution in [2.45, 2.75) is 26.2 Å².